The first kappa shape index (κ1) is 9.40. The molecule has 1 amide bonds. The van der Waals surface area contributed by atoms with Crippen LogP contribution in [0, 0.1) is 0 Å². The van der Waals surface area contributed by atoms with E-state index in [4.69, 9.17) is 10.2 Å². The molecule has 6 heteroatoms. The third kappa shape index (κ3) is 1.42. The maximum absolute atomic E-state index is 11.0. The molecule has 1 rings (SSSR count). The quantitative estimate of drug-likeness (QED) is 0.343. The van der Waals surface area contributed by atoms with E-state index in [1.807, 2.05) is 0 Å². The van der Waals surface area contributed by atoms with E-state index in [2.05, 4.69) is 5.43 Å². The first-order valence-corrected chi connectivity index (χ1v) is 3.58. The van der Waals surface area contributed by atoms with E-state index in [0.29, 0.717) is 0 Å². The minimum atomic E-state index is -1.45. The standard InChI is InChI=1S/C6H12N2O4/c1-8-6(12)5(11)4(10)3(2-9)7-8/h3-5,7,9-11H,2H2,1H3. The highest BCUT2D eigenvalue weighted by Gasteiger charge is 2.38. The first-order valence-electron chi connectivity index (χ1n) is 3.58. The lowest BCUT2D eigenvalue weighted by Gasteiger charge is -2.36. The van der Waals surface area contributed by atoms with Crippen molar-refractivity contribution in [3.8, 4) is 0 Å². The average Bonchev–Trinajstić information content (AvgIpc) is 2.08. The summed E-state index contributed by atoms with van der Waals surface area (Å²) in [5.41, 5.74) is 2.52. The lowest BCUT2D eigenvalue weighted by Crippen LogP contribution is -2.65. The molecule has 0 bridgehead atoms. The molecule has 0 aliphatic carbocycles. The molecule has 1 aliphatic rings. The molecule has 4 N–H and O–H groups in total. The van der Waals surface area contributed by atoms with Gasteiger partial charge in [-0.15, -0.1) is 0 Å². The second-order valence-electron chi connectivity index (χ2n) is 2.75. The minimum absolute atomic E-state index is 0.337. The van der Waals surface area contributed by atoms with Crippen LogP contribution in [0.15, 0.2) is 0 Å². The van der Waals surface area contributed by atoms with Crippen LogP contribution in [0.1, 0.15) is 0 Å². The van der Waals surface area contributed by atoms with Crippen LogP contribution >= 0.6 is 0 Å². The fourth-order valence-electron chi connectivity index (χ4n) is 1.10. The SMILES string of the molecule is CN1NC(CO)C(O)C(O)C1=O. The maximum Gasteiger partial charge on any atom is 0.268 e. The van der Waals surface area contributed by atoms with E-state index in [0.717, 1.165) is 5.01 Å². The molecule has 6 nitrogen and oxygen atoms in total. The smallest absolute Gasteiger partial charge is 0.268 e. The Balaban J connectivity index is 2.70. The van der Waals surface area contributed by atoms with Crippen molar-refractivity contribution in [2.24, 2.45) is 0 Å². The summed E-state index contributed by atoms with van der Waals surface area (Å²) < 4.78 is 0. The fraction of sp³-hybridized carbons (Fsp3) is 0.833. The third-order valence-corrected chi connectivity index (χ3v) is 1.88. The van der Waals surface area contributed by atoms with Gasteiger partial charge >= 0.3 is 0 Å². The van der Waals surface area contributed by atoms with E-state index < -0.39 is 24.2 Å². The van der Waals surface area contributed by atoms with Crippen molar-refractivity contribution in [3.63, 3.8) is 0 Å². The van der Waals surface area contributed by atoms with Crippen molar-refractivity contribution in [1.29, 1.82) is 0 Å². The Morgan fingerprint density at radius 3 is 2.67 bits per heavy atom. The topological polar surface area (TPSA) is 93.0 Å². The molecule has 3 unspecified atom stereocenters. The summed E-state index contributed by atoms with van der Waals surface area (Å²) in [7, 11) is 1.42. The number of amides is 1. The summed E-state index contributed by atoms with van der Waals surface area (Å²) in [6, 6.07) is -0.692. The molecule has 1 saturated heterocycles. The number of carbonyl (C=O) groups is 1. The van der Waals surface area contributed by atoms with Gasteiger partial charge in [0.2, 0.25) is 0 Å². The normalized spacial score (nSPS) is 37.2. The van der Waals surface area contributed by atoms with Gasteiger partial charge in [0.1, 0.15) is 6.10 Å². The van der Waals surface area contributed by atoms with Gasteiger partial charge in [-0.05, 0) is 0 Å². The molecule has 0 aromatic rings. The zero-order valence-electron chi connectivity index (χ0n) is 6.64. The number of aliphatic hydroxyl groups excluding tert-OH is 3. The number of carbonyl (C=O) groups excluding carboxylic acids is 1. The van der Waals surface area contributed by atoms with Gasteiger partial charge in [-0.2, -0.15) is 0 Å². The molecule has 0 radical (unpaired) electrons. The van der Waals surface area contributed by atoms with Crippen LogP contribution < -0.4 is 5.43 Å². The fourth-order valence-corrected chi connectivity index (χ4v) is 1.10. The van der Waals surface area contributed by atoms with Crippen LogP contribution in [-0.4, -0.2) is 58.1 Å². The summed E-state index contributed by atoms with van der Waals surface area (Å²) in [4.78, 5) is 11.0. The van der Waals surface area contributed by atoms with Crippen LogP contribution in [-0.2, 0) is 4.79 Å². The lowest BCUT2D eigenvalue weighted by atomic mass is 10.0. The Morgan fingerprint density at radius 1 is 1.58 bits per heavy atom. The monoisotopic (exact) mass is 176 g/mol. The van der Waals surface area contributed by atoms with Gasteiger partial charge in [-0.1, -0.05) is 0 Å². The zero-order chi connectivity index (χ0) is 9.30. The predicted octanol–water partition coefficient (Wildman–Crippen LogP) is -2.95. The van der Waals surface area contributed by atoms with Gasteiger partial charge in [-0.3, -0.25) is 9.80 Å². The van der Waals surface area contributed by atoms with Crippen molar-refractivity contribution in [1.82, 2.24) is 10.4 Å². The van der Waals surface area contributed by atoms with Crippen molar-refractivity contribution in [2.45, 2.75) is 18.2 Å². The van der Waals surface area contributed by atoms with Gasteiger partial charge in [0.15, 0.2) is 6.10 Å². The lowest BCUT2D eigenvalue weighted by molar-refractivity contribution is -0.162. The molecule has 0 aromatic carbocycles. The molecule has 1 fully saturated rings. The molecule has 1 heterocycles. The van der Waals surface area contributed by atoms with E-state index in [1.54, 1.807) is 0 Å². The Kier molecular flexibility index (Phi) is 2.63. The van der Waals surface area contributed by atoms with Gasteiger partial charge in [-0.25, -0.2) is 5.43 Å². The predicted molar refractivity (Wildman–Crippen MR) is 38.8 cm³/mol. The highest BCUT2D eigenvalue weighted by molar-refractivity contribution is 5.81. The Labute approximate surface area is 69.4 Å². The summed E-state index contributed by atoms with van der Waals surface area (Å²) in [6.07, 6.45) is -2.70. The van der Waals surface area contributed by atoms with Crippen molar-refractivity contribution in [3.05, 3.63) is 0 Å². The minimum Gasteiger partial charge on any atom is -0.395 e. The van der Waals surface area contributed by atoms with Crippen LogP contribution in [0.2, 0.25) is 0 Å². The van der Waals surface area contributed by atoms with E-state index >= 15 is 0 Å². The van der Waals surface area contributed by atoms with E-state index in [-0.39, 0.29) is 6.61 Å². The van der Waals surface area contributed by atoms with Crippen molar-refractivity contribution < 1.29 is 20.1 Å². The number of hydrazine groups is 1. The van der Waals surface area contributed by atoms with Gasteiger partial charge < -0.3 is 15.3 Å². The number of hydrogen-bond donors (Lipinski definition) is 4. The molecule has 3 atom stereocenters. The van der Waals surface area contributed by atoms with Gasteiger partial charge in [0.05, 0.1) is 12.6 Å². The van der Waals surface area contributed by atoms with E-state index in [9.17, 15) is 9.90 Å². The zero-order valence-corrected chi connectivity index (χ0v) is 6.64. The molecular formula is C6H12N2O4. The van der Waals surface area contributed by atoms with Crippen molar-refractivity contribution in [2.75, 3.05) is 13.7 Å². The molecule has 1 aliphatic heterocycles. The number of likely N-dealkylation sites (N-methyl/N-ethyl adjacent to an activating group) is 1. The second kappa shape index (κ2) is 3.36. The molecule has 0 aromatic heterocycles. The average molecular weight is 176 g/mol. The molecular weight excluding hydrogens is 164 g/mol. The molecule has 0 saturated carbocycles. The number of nitrogens with one attached hydrogen (secondary N) is 1. The first-order chi connectivity index (χ1) is 5.57. The van der Waals surface area contributed by atoms with E-state index in [1.165, 1.54) is 7.05 Å². The molecule has 12 heavy (non-hydrogen) atoms. The van der Waals surface area contributed by atoms with Crippen LogP contribution in [0.3, 0.4) is 0 Å². The number of rotatable bonds is 1. The number of hydrogen-bond acceptors (Lipinski definition) is 5. The Bertz CT molecular complexity index is 186. The Morgan fingerprint density at radius 2 is 2.17 bits per heavy atom. The Hall–Kier alpha value is -0.690. The summed E-state index contributed by atoms with van der Waals surface area (Å²) >= 11 is 0. The highest BCUT2D eigenvalue weighted by Crippen LogP contribution is 2.08. The third-order valence-electron chi connectivity index (χ3n) is 1.88. The largest absolute Gasteiger partial charge is 0.395 e. The van der Waals surface area contributed by atoms with Crippen LogP contribution in [0.5, 0.6) is 0 Å². The van der Waals surface area contributed by atoms with Gasteiger partial charge in [0, 0.05) is 7.05 Å². The highest BCUT2D eigenvalue weighted by atomic mass is 16.3. The summed E-state index contributed by atoms with van der Waals surface area (Å²) in [5.74, 6) is -0.604. The number of nitrogens with zero attached hydrogens (tertiary/aromatic N) is 1. The van der Waals surface area contributed by atoms with Crippen LogP contribution in [0.25, 0.3) is 0 Å². The maximum atomic E-state index is 11.0. The molecule has 70 valence electrons. The second-order valence-corrected chi connectivity index (χ2v) is 2.75. The van der Waals surface area contributed by atoms with Gasteiger partial charge in [0.25, 0.3) is 5.91 Å². The van der Waals surface area contributed by atoms with Crippen LogP contribution in [0.4, 0.5) is 0 Å². The summed E-state index contributed by atoms with van der Waals surface area (Å²) in [6.45, 7) is -0.337. The van der Waals surface area contributed by atoms with Crippen molar-refractivity contribution >= 4 is 5.91 Å². The molecule has 0 spiro atoms. The number of aliphatic hydroxyl groups is 3. The summed E-state index contributed by atoms with van der Waals surface area (Å²) in [5, 5.41) is 28.1.